The molecular weight excluding hydrogens is 359 g/mol. The molecule has 6 nitrogen and oxygen atoms in total. The first-order valence-electron chi connectivity index (χ1n) is 6.89. The van der Waals surface area contributed by atoms with Gasteiger partial charge in [-0.25, -0.2) is 18.4 Å². The number of amides is 1. The van der Waals surface area contributed by atoms with E-state index >= 15 is 0 Å². The summed E-state index contributed by atoms with van der Waals surface area (Å²) in [6.07, 6.45) is -4.15. The van der Waals surface area contributed by atoms with Crippen LogP contribution in [0.25, 0.3) is 11.3 Å². The fourth-order valence-corrected chi connectivity index (χ4v) is 2.90. The van der Waals surface area contributed by atoms with Gasteiger partial charge in [0, 0.05) is 17.4 Å². The Balaban J connectivity index is 2.89. The van der Waals surface area contributed by atoms with Crippen molar-refractivity contribution in [3.63, 3.8) is 0 Å². The SMILES string of the molecule is Cc1ccc(C(N)=O)c(C)c1-c1cc(C(F)(F)F)nc(S(C)(=O)=O)n1. The summed E-state index contributed by atoms with van der Waals surface area (Å²) in [7, 11) is -4.08. The Morgan fingerprint density at radius 3 is 2.24 bits per heavy atom. The number of carbonyl (C=O) groups excluding carboxylic acids is 1. The summed E-state index contributed by atoms with van der Waals surface area (Å²) >= 11 is 0. The maximum Gasteiger partial charge on any atom is 0.433 e. The van der Waals surface area contributed by atoms with E-state index in [-0.39, 0.29) is 16.8 Å². The molecule has 1 heterocycles. The molecule has 134 valence electrons. The van der Waals surface area contributed by atoms with Crippen LogP contribution in [-0.2, 0) is 16.0 Å². The van der Waals surface area contributed by atoms with Gasteiger partial charge in [0.05, 0.1) is 5.69 Å². The van der Waals surface area contributed by atoms with E-state index in [0.717, 1.165) is 0 Å². The zero-order valence-corrected chi connectivity index (χ0v) is 14.3. The Bertz CT molecular complexity index is 970. The molecule has 25 heavy (non-hydrogen) atoms. The number of hydrogen-bond acceptors (Lipinski definition) is 5. The quantitative estimate of drug-likeness (QED) is 0.832. The van der Waals surface area contributed by atoms with Gasteiger partial charge in [-0.2, -0.15) is 13.2 Å². The number of sulfone groups is 1. The molecule has 0 aliphatic carbocycles. The van der Waals surface area contributed by atoms with Crippen LogP contribution in [-0.4, -0.2) is 30.5 Å². The van der Waals surface area contributed by atoms with E-state index in [1.807, 2.05) is 0 Å². The lowest BCUT2D eigenvalue weighted by Crippen LogP contribution is -2.16. The molecule has 1 aromatic heterocycles. The standard InChI is InChI=1S/C15H14F3N3O3S/c1-7-4-5-9(13(19)22)8(2)12(7)10-6-11(15(16,17)18)21-14(20-10)25(3,23)24/h4-6H,1-3H3,(H2,19,22). The van der Waals surface area contributed by atoms with E-state index < -0.39 is 32.8 Å². The van der Waals surface area contributed by atoms with Crippen LogP contribution < -0.4 is 5.73 Å². The molecule has 2 N–H and O–H groups in total. The molecule has 1 amide bonds. The lowest BCUT2D eigenvalue weighted by atomic mass is 9.94. The van der Waals surface area contributed by atoms with Gasteiger partial charge in [0.2, 0.25) is 20.9 Å². The first kappa shape index (κ1) is 18.8. The molecule has 0 atom stereocenters. The van der Waals surface area contributed by atoms with Crippen LogP contribution in [0.1, 0.15) is 27.2 Å². The molecular formula is C15H14F3N3O3S. The molecule has 0 saturated heterocycles. The minimum Gasteiger partial charge on any atom is -0.366 e. The Hall–Kier alpha value is -2.49. The molecule has 10 heteroatoms. The van der Waals surface area contributed by atoms with Crippen molar-refractivity contribution in [1.82, 2.24) is 9.97 Å². The van der Waals surface area contributed by atoms with Crippen molar-refractivity contribution in [2.24, 2.45) is 5.73 Å². The monoisotopic (exact) mass is 373 g/mol. The van der Waals surface area contributed by atoms with Gasteiger partial charge in [-0.15, -0.1) is 0 Å². The second kappa shape index (κ2) is 6.10. The van der Waals surface area contributed by atoms with E-state index in [9.17, 15) is 26.4 Å². The van der Waals surface area contributed by atoms with Gasteiger partial charge in [-0.05, 0) is 37.1 Å². The maximum atomic E-state index is 13.1. The fraction of sp³-hybridized carbons (Fsp3) is 0.267. The summed E-state index contributed by atoms with van der Waals surface area (Å²) in [6, 6.07) is 3.59. The van der Waals surface area contributed by atoms with Crippen LogP contribution in [0.2, 0.25) is 0 Å². The number of rotatable bonds is 3. The van der Waals surface area contributed by atoms with Crippen LogP contribution in [0.15, 0.2) is 23.4 Å². The van der Waals surface area contributed by atoms with E-state index in [0.29, 0.717) is 23.4 Å². The Labute approximate surface area is 141 Å². The number of nitrogens with two attached hydrogens (primary N) is 1. The average Bonchev–Trinajstić information content (AvgIpc) is 2.44. The van der Waals surface area contributed by atoms with Gasteiger partial charge in [0.15, 0.2) is 0 Å². The topological polar surface area (TPSA) is 103 Å². The zero-order chi connectivity index (χ0) is 19.2. The molecule has 1 aromatic carbocycles. The number of alkyl halides is 3. The molecule has 2 rings (SSSR count). The smallest absolute Gasteiger partial charge is 0.366 e. The molecule has 0 aliphatic heterocycles. The molecule has 0 saturated carbocycles. The summed E-state index contributed by atoms with van der Waals surface area (Å²) in [4.78, 5) is 18.3. The molecule has 0 radical (unpaired) electrons. The lowest BCUT2D eigenvalue weighted by molar-refractivity contribution is -0.141. The predicted molar refractivity (Wildman–Crippen MR) is 83.6 cm³/mol. The van der Waals surface area contributed by atoms with Crippen molar-refractivity contribution in [2.75, 3.05) is 6.26 Å². The van der Waals surface area contributed by atoms with Crippen molar-refractivity contribution in [3.8, 4) is 11.3 Å². The minimum absolute atomic E-state index is 0.105. The highest BCUT2D eigenvalue weighted by molar-refractivity contribution is 7.90. The van der Waals surface area contributed by atoms with Crippen molar-refractivity contribution < 1.29 is 26.4 Å². The van der Waals surface area contributed by atoms with Crippen LogP contribution in [0.5, 0.6) is 0 Å². The second-order valence-electron chi connectivity index (χ2n) is 5.49. The number of benzene rings is 1. The largest absolute Gasteiger partial charge is 0.433 e. The van der Waals surface area contributed by atoms with Crippen LogP contribution in [0.4, 0.5) is 13.2 Å². The van der Waals surface area contributed by atoms with Gasteiger partial charge in [-0.3, -0.25) is 4.79 Å². The maximum absolute atomic E-state index is 13.1. The van der Waals surface area contributed by atoms with Crippen molar-refractivity contribution >= 4 is 15.7 Å². The van der Waals surface area contributed by atoms with E-state index in [1.54, 1.807) is 6.92 Å². The van der Waals surface area contributed by atoms with Crippen molar-refractivity contribution in [3.05, 3.63) is 40.6 Å². The van der Waals surface area contributed by atoms with Crippen molar-refractivity contribution in [1.29, 1.82) is 0 Å². The number of hydrogen-bond donors (Lipinski definition) is 1. The summed E-state index contributed by atoms with van der Waals surface area (Å²) in [5.74, 6) is -0.757. The fourth-order valence-electron chi connectivity index (χ4n) is 2.37. The normalized spacial score (nSPS) is 12.2. The molecule has 0 unspecified atom stereocenters. The number of carbonyl (C=O) groups is 1. The highest BCUT2D eigenvalue weighted by atomic mass is 32.2. The summed E-state index contributed by atoms with van der Waals surface area (Å²) < 4.78 is 62.7. The minimum atomic E-state index is -4.86. The summed E-state index contributed by atoms with van der Waals surface area (Å²) in [6.45, 7) is 3.10. The summed E-state index contributed by atoms with van der Waals surface area (Å²) in [5.41, 5.74) is 4.75. The van der Waals surface area contributed by atoms with Crippen LogP contribution in [0.3, 0.4) is 0 Å². The zero-order valence-electron chi connectivity index (χ0n) is 13.5. The van der Waals surface area contributed by atoms with Gasteiger partial charge in [0.1, 0.15) is 5.69 Å². The Kier molecular flexibility index (Phi) is 4.60. The molecule has 2 aromatic rings. The third-order valence-electron chi connectivity index (χ3n) is 3.52. The van der Waals surface area contributed by atoms with Gasteiger partial charge in [0.25, 0.3) is 0 Å². The van der Waals surface area contributed by atoms with Crippen molar-refractivity contribution in [2.45, 2.75) is 25.2 Å². The van der Waals surface area contributed by atoms with Gasteiger partial charge >= 0.3 is 6.18 Å². The van der Waals surface area contributed by atoms with E-state index in [2.05, 4.69) is 9.97 Å². The first-order valence-corrected chi connectivity index (χ1v) is 8.78. The number of primary amides is 1. The first-order chi connectivity index (χ1) is 11.3. The predicted octanol–water partition coefficient (Wildman–Crippen LogP) is 2.28. The highest BCUT2D eigenvalue weighted by Crippen LogP contribution is 2.34. The number of halogens is 3. The number of aryl methyl sites for hydroxylation is 1. The summed E-state index contributed by atoms with van der Waals surface area (Å²) in [5, 5.41) is -0.944. The number of nitrogens with zero attached hydrogens (tertiary/aromatic N) is 2. The third kappa shape index (κ3) is 3.78. The second-order valence-corrected chi connectivity index (χ2v) is 7.39. The van der Waals surface area contributed by atoms with Crippen LogP contribution in [0, 0.1) is 13.8 Å². The van der Waals surface area contributed by atoms with Gasteiger partial charge in [-0.1, -0.05) is 6.07 Å². The number of aromatic nitrogens is 2. The lowest BCUT2D eigenvalue weighted by Gasteiger charge is -2.15. The van der Waals surface area contributed by atoms with Crippen LogP contribution >= 0.6 is 0 Å². The molecule has 0 bridgehead atoms. The molecule has 0 aliphatic rings. The van der Waals surface area contributed by atoms with E-state index in [1.165, 1.54) is 19.1 Å². The molecule has 0 fully saturated rings. The highest BCUT2D eigenvalue weighted by Gasteiger charge is 2.35. The van der Waals surface area contributed by atoms with E-state index in [4.69, 9.17) is 5.73 Å². The molecule has 0 spiro atoms. The average molecular weight is 373 g/mol. The Morgan fingerprint density at radius 2 is 1.76 bits per heavy atom. The Morgan fingerprint density at radius 1 is 1.16 bits per heavy atom. The van der Waals surface area contributed by atoms with Gasteiger partial charge < -0.3 is 5.73 Å². The third-order valence-corrected chi connectivity index (χ3v) is 4.37.